The zero-order valence-electron chi connectivity index (χ0n) is 12.0. The Balaban J connectivity index is 1.55. The molecule has 0 atom stereocenters. The van der Waals surface area contributed by atoms with Gasteiger partial charge in [-0.25, -0.2) is 0 Å². The maximum atomic E-state index is 12.3. The number of aliphatic hydroxyl groups excluding tert-OH is 1. The third kappa shape index (κ3) is 2.40. The number of rotatable bonds is 1. The number of carbonyl (C=O) groups is 1. The second-order valence-corrected chi connectivity index (χ2v) is 6.75. The highest BCUT2D eigenvalue weighted by Crippen LogP contribution is 2.37. The number of nitrogens with zero attached hydrogens (tertiary/aromatic N) is 2. The molecule has 0 bridgehead atoms. The first kappa shape index (κ1) is 13.4. The topological polar surface area (TPSA) is 43.8 Å². The van der Waals surface area contributed by atoms with Crippen molar-refractivity contribution < 1.29 is 9.90 Å². The SMILES string of the molecule is CN1CCCCC12CCN(C(=O)C1CC(O)C1)CC2. The van der Waals surface area contributed by atoms with Crippen molar-refractivity contribution in [3.05, 3.63) is 0 Å². The normalized spacial score (nSPS) is 35.2. The van der Waals surface area contributed by atoms with Crippen LogP contribution in [0.2, 0.25) is 0 Å². The number of amides is 1. The molecular weight excluding hydrogens is 240 g/mol. The van der Waals surface area contributed by atoms with Crippen LogP contribution in [0.15, 0.2) is 0 Å². The summed E-state index contributed by atoms with van der Waals surface area (Å²) in [5.74, 6) is 0.395. The molecule has 4 nitrogen and oxygen atoms in total. The lowest BCUT2D eigenvalue weighted by atomic mass is 9.77. The number of hydrogen-bond acceptors (Lipinski definition) is 3. The second-order valence-electron chi connectivity index (χ2n) is 6.75. The number of likely N-dealkylation sites (tertiary alicyclic amines) is 2. The third-order valence-corrected chi connectivity index (χ3v) is 5.66. The van der Waals surface area contributed by atoms with E-state index in [1.54, 1.807) is 0 Å². The molecule has 4 heteroatoms. The molecule has 1 spiro atoms. The molecule has 3 fully saturated rings. The molecule has 3 rings (SSSR count). The van der Waals surface area contributed by atoms with Gasteiger partial charge in [0.1, 0.15) is 0 Å². The van der Waals surface area contributed by atoms with E-state index in [9.17, 15) is 9.90 Å². The summed E-state index contributed by atoms with van der Waals surface area (Å²) in [6.45, 7) is 3.04. The first-order chi connectivity index (χ1) is 9.11. The maximum Gasteiger partial charge on any atom is 0.225 e. The lowest BCUT2D eigenvalue weighted by Crippen LogP contribution is -2.58. The van der Waals surface area contributed by atoms with Crippen LogP contribution in [0.25, 0.3) is 0 Å². The zero-order chi connectivity index (χ0) is 13.5. The van der Waals surface area contributed by atoms with Crippen LogP contribution >= 0.6 is 0 Å². The summed E-state index contributed by atoms with van der Waals surface area (Å²) in [6, 6.07) is 0. The second kappa shape index (κ2) is 5.06. The standard InChI is InChI=1S/C15H26N2O2/c1-16-7-3-2-4-15(16)5-8-17(9-6-15)14(19)12-10-13(18)11-12/h12-13,18H,2-11H2,1H3. The average molecular weight is 266 g/mol. The van der Waals surface area contributed by atoms with Crippen LogP contribution in [0.5, 0.6) is 0 Å². The molecule has 2 aliphatic heterocycles. The Bertz CT molecular complexity index is 344. The van der Waals surface area contributed by atoms with E-state index < -0.39 is 0 Å². The molecule has 0 aromatic heterocycles. The Morgan fingerprint density at radius 3 is 2.37 bits per heavy atom. The van der Waals surface area contributed by atoms with Crippen molar-refractivity contribution >= 4 is 5.91 Å². The van der Waals surface area contributed by atoms with Crippen LogP contribution in [0, 0.1) is 5.92 Å². The van der Waals surface area contributed by atoms with Gasteiger partial charge in [0.05, 0.1) is 6.10 Å². The van der Waals surface area contributed by atoms with Crippen molar-refractivity contribution in [2.24, 2.45) is 5.92 Å². The van der Waals surface area contributed by atoms with E-state index in [0.29, 0.717) is 24.3 Å². The molecule has 1 N–H and O–H groups in total. The summed E-state index contributed by atoms with van der Waals surface area (Å²) >= 11 is 0. The van der Waals surface area contributed by atoms with Crippen molar-refractivity contribution in [1.82, 2.24) is 9.80 Å². The average Bonchev–Trinajstić information content (AvgIpc) is 2.39. The predicted octanol–water partition coefficient (Wildman–Crippen LogP) is 1.23. The summed E-state index contributed by atoms with van der Waals surface area (Å²) in [5.41, 5.74) is 0.369. The minimum absolute atomic E-state index is 0.105. The number of carbonyl (C=O) groups excluding carboxylic acids is 1. The van der Waals surface area contributed by atoms with Gasteiger partial charge < -0.3 is 14.9 Å². The fraction of sp³-hybridized carbons (Fsp3) is 0.933. The van der Waals surface area contributed by atoms with Crippen molar-refractivity contribution in [2.75, 3.05) is 26.7 Å². The highest BCUT2D eigenvalue weighted by Gasteiger charge is 2.42. The summed E-state index contributed by atoms with van der Waals surface area (Å²) in [5, 5.41) is 9.32. The van der Waals surface area contributed by atoms with E-state index in [1.165, 1.54) is 25.8 Å². The first-order valence-corrected chi connectivity index (χ1v) is 7.79. The Hall–Kier alpha value is -0.610. The van der Waals surface area contributed by atoms with Crippen molar-refractivity contribution in [1.29, 1.82) is 0 Å². The van der Waals surface area contributed by atoms with Crippen LogP contribution in [0.1, 0.15) is 44.9 Å². The van der Waals surface area contributed by atoms with Gasteiger partial charge in [0, 0.05) is 24.5 Å². The number of piperidine rings is 2. The van der Waals surface area contributed by atoms with Gasteiger partial charge in [0.25, 0.3) is 0 Å². The Labute approximate surface area is 115 Å². The maximum absolute atomic E-state index is 12.3. The number of aliphatic hydroxyl groups is 1. The van der Waals surface area contributed by atoms with Crippen LogP contribution in [0.4, 0.5) is 0 Å². The van der Waals surface area contributed by atoms with Crippen LogP contribution in [0.3, 0.4) is 0 Å². The van der Waals surface area contributed by atoms with Gasteiger partial charge >= 0.3 is 0 Å². The minimum Gasteiger partial charge on any atom is -0.393 e. The first-order valence-electron chi connectivity index (χ1n) is 7.79. The molecule has 0 radical (unpaired) electrons. The lowest BCUT2D eigenvalue weighted by Gasteiger charge is -2.51. The van der Waals surface area contributed by atoms with Gasteiger partial charge in [-0.2, -0.15) is 0 Å². The fourth-order valence-electron chi connectivity index (χ4n) is 4.05. The Morgan fingerprint density at radius 2 is 1.79 bits per heavy atom. The zero-order valence-corrected chi connectivity index (χ0v) is 12.0. The van der Waals surface area contributed by atoms with Crippen molar-refractivity contribution in [2.45, 2.75) is 56.6 Å². The van der Waals surface area contributed by atoms with Gasteiger partial charge in [0.2, 0.25) is 5.91 Å². The smallest absolute Gasteiger partial charge is 0.225 e. The van der Waals surface area contributed by atoms with Gasteiger partial charge in [-0.1, -0.05) is 6.42 Å². The van der Waals surface area contributed by atoms with E-state index in [-0.39, 0.29) is 12.0 Å². The van der Waals surface area contributed by atoms with Crippen LogP contribution in [-0.4, -0.2) is 59.1 Å². The van der Waals surface area contributed by atoms with Gasteiger partial charge in [0.15, 0.2) is 0 Å². The van der Waals surface area contributed by atoms with Gasteiger partial charge in [-0.15, -0.1) is 0 Å². The molecule has 108 valence electrons. The lowest BCUT2D eigenvalue weighted by molar-refractivity contribution is -0.145. The van der Waals surface area contributed by atoms with E-state index in [2.05, 4.69) is 11.9 Å². The summed E-state index contributed by atoms with van der Waals surface area (Å²) in [6.07, 6.45) is 7.35. The van der Waals surface area contributed by atoms with E-state index in [0.717, 1.165) is 25.9 Å². The molecule has 3 aliphatic rings. The number of hydrogen-bond donors (Lipinski definition) is 1. The Morgan fingerprint density at radius 1 is 1.11 bits per heavy atom. The van der Waals surface area contributed by atoms with E-state index in [4.69, 9.17) is 0 Å². The van der Waals surface area contributed by atoms with Gasteiger partial charge in [-0.05, 0) is 52.1 Å². The predicted molar refractivity (Wildman–Crippen MR) is 73.8 cm³/mol. The summed E-state index contributed by atoms with van der Waals surface area (Å²) < 4.78 is 0. The van der Waals surface area contributed by atoms with E-state index in [1.807, 2.05) is 4.90 Å². The molecule has 19 heavy (non-hydrogen) atoms. The summed E-state index contributed by atoms with van der Waals surface area (Å²) in [4.78, 5) is 16.9. The van der Waals surface area contributed by atoms with Crippen LogP contribution < -0.4 is 0 Å². The molecule has 2 saturated heterocycles. The molecule has 1 saturated carbocycles. The van der Waals surface area contributed by atoms with Crippen LogP contribution in [-0.2, 0) is 4.79 Å². The fourth-order valence-corrected chi connectivity index (χ4v) is 4.05. The highest BCUT2D eigenvalue weighted by molar-refractivity contribution is 5.80. The van der Waals surface area contributed by atoms with E-state index >= 15 is 0 Å². The summed E-state index contributed by atoms with van der Waals surface area (Å²) in [7, 11) is 2.25. The Kier molecular flexibility index (Phi) is 3.56. The molecule has 1 amide bonds. The molecule has 0 aromatic rings. The monoisotopic (exact) mass is 266 g/mol. The van der Waals surface area contributed by atoms with Crippen molar-refractivity contribution in [3.8, 4) is 0 Å². The molecule has 1 aliphatic carbocycles. The molecule has 0 unspecified atom stereocenters. The van der Waals surface area contributed by atoms with Crippen molar-refractivity contribution in [3.63, 3.8) is 0 Å². The highest BCUT2D eigenvalue weighted by atomic mass is 16.3. The largest absolute Gasteiger partial charge is 0.393 e. The molecule has 0 aromatic carbocycles. The van der Waals surface area contributed by atoms with Gasteiger partial charge in [-0.3, -0.25) is 4.79 Å². The quantitative estimate of drug-likeness (QED) is 0.776. The molecule has 2 heterocycles. The molecular formula is C15H26N2O2. The third-order valence-electron chi connectivity index (χ3n) is 5.66. The minimum atomic E-state index is -0.227.